The Labute approximate surface area is 254 Å². The number of methoxy groups -OCH3 is 1. The number of ether oxygens (including phenoxy) is 3. The molecule has 2 fully saturated rings. The molecule has 0 spiro atoms. The number of aliphatic hydroxyl groups excluding tert-OH is 1. The second-order valence-electron chi connectivity index (χ2n) is 10.1. The lowest BCUT2D eigenvalue weighted by atomic mass is 10.1. The molecule has 46 heavy (non-hydrogen) atoms. The maximum atomic E-state index is 13.2. The third kappa shape index (κ3) is 5.21. The van der Waals surface area contributed by atoms with Gasteiger partial charge < -0.3 is 40.2 Å². The van der Waals surface area contributed by atoms with Crippen LogP contribution in [-0.4, -0.2) is 98.2 Å². The molecule has 9 unspecified atom stereocenters. The van der Waals surface area contributed by atoms with Crippen molar-refractivity contribution in [3.8, 4) is 0 Å². The number of nitrogens with one attached hydrogen (secondary N) is 1. The summed E-state index contributed by atoms with van der Waals surface area (Å²) in [5.41, 5.74) is 11.0. The molecule has 7 heterocycles. The fourth-order valence-electron chi connectivity index (χ4n) is 5.26. The van der Waals surface area contributed by atoms with Gasteiger partial charge in [0.15, 0.2) is 40.7 Å². The van der Waals surface area contributed by atoms with Crippen LogP contribution in [0.5, 0.6) is 0 Å². The first-order chi connectivity index (χ1) is 21.9. The second-order valence-corrected chi connectivity index (χ2v) is 12.8. The van der Waals surface area contributed by atoms with E-state index in [1.54, 1.807) is 0 Å². The van der Waals surface area contributed by atoms with E-state index in [1.165, 1.54) is 24.3 Å². The molecule has 0 radical (unpaired) electrons. The van der Waals surface area contributed by atoms with Gasteiger partial charge in [-0.3, -0.25) is 37.4 Å². The van der Waals surface area contributed by atoms with Crippen molar-refractivity contribution in [1.29, 1.82) is 0 Å². The quantitative estimate of drug-likeness (QED) is 0.138. The van der Waals surface area contributed by atoms with Crippen LogP contribution < -0.4 is 17.0 Å². The zero-order valence-electron chi connectivity index (χ0n) is 23.2. The monoisotopic (exact) mass is 686 g/mol. The van der Waals surface area contributed by atoms with E-state index in [0.717, 1.165) is 10.9 Å². The normalized spacial score (nSPS) is 36.2. The van der Waals surface area contributed by atoms with Crippen molar-refractivity contribution in [2.24, 2.45) is 0 Å². The maximum absolute atomic E-state index is 13.2. The van der Waals surface area contributed by atoms with E-state index in [9.17, 15) is 28.8 Å². The van der Waals surface area contributed by atoms with Gasteiger partial charge in [-0.25, -0.2) is 29.1 Å². The van der Waals surface area contributed by atoms with Gasteiger partial charge in [0, 0.05) is 7.11 Å². The summed E-state index contributed by atoms with van der Waals surface area (Å²) in [6, 6.07) is 0. The van der Waals surface area contributed by atoms with Crippen molar-refractivity contribution >= 4 is 49.7 Å². The van der Waals surface area contributed by atoms with E-state index < -0.39 is 76.5 Å². The number of hydrogen-bond acceptors (Lipinski definition) is 18. The average molecular weight is 686 g/mol. The van der Waals surface area contributed by atoms with E-state index in [0.29, 0.717) is 6.26 Å². The van der Waals surface area contributed by atoms with Crippen LogP contribution >= 0.6 is 15.6 Å². The van der Waals surface area contributed by atoms with Crippen molar-refractivity contribution in [3.05, 3.63) is 41.4 Å². The smallest absolute Gasteiger partial charge is 0.465 e. The number of nitrogens with zero attached hydrogens (tertiary/aromatic N) is 7. The minimum Gasteiger partial charge on any atom is -0.465 e. The third-order valence-corrected chi connectivity index (χ3v) is 9.14. The Morgan fingerprint density at radius 3 is 2.52 bits per heavy atom. The Balaban J connectivity index is 1.26. The van der Waals surface area contributed by atoms with Crippen molar-refractivity contribution in [1.82, 2.24) is 39.0 Å². The number of fused-ring (bicyclic) bond motifs is 5. The van der Waals surface area contributed by atoms with Crippen LogP contribution in [0.25, 0.3) is 22.3 Å². The number of aromatic amines is 1. The number of H-pyrrole nitrogens is 1. The molecule has 2 saturated heterocycles. The molecule has 0 aromatic carbocycles. The highest BCUT2D eigenvalue weighted by Crippen LogP contribution is 2.54. The molecule has 4 aromatic rings. The number of rotatable bonds is 3. The number of nitrogen functional groups attached to an aromatic ring is 2. The minimum absolute atomic E-state index is 0.0655. The van der Waals surface area contributed by atoms with Gasteiger partial charge in [-0.2, -0.15) is 4.98 Å². The van der Waals surface area contributed by atoms with E-state index in [2.05, 4.69) is 29.9 Å². The average Bonchev–Trinajstić information content (AvgIpc) is 3.75. The summed E-state index contributed by atoms with van der Waals surface area (Å²) < 4.78 is 67.2. The highest BCUT2D eigenvalue weighted by Gasteiger charge is 2.53. The highest BCUT2D eigenvalue weighted by atomic mass is 31.2. The molecular weight excluding hydrogens is 662 g/mol. The zero-order valence-corrected chi connectivity index (χ0v) is 25.0. The predicted molar refractivity (Wildman–Crippen MR) is 148 cm³/mol. The van der Waals surface area contributed by atoms with Crippen molar-refractivity contribution in [2.75, 3.05) is 25.2 Å². The number of hydrogen-bond donors (Lipinski definition) is 6. The molecular formula is C21H24N10O13P2. The van der Waals surface area contributed by atoms with Gasteiger partial charge in [-0.15, -0.1) is 0 Å². The highest BCUT2D eigenvalue weighted by molar-refractivity contribution is 7.47. The number of aromatic nitrogens is 8. The van der Waals surface area contributed by atoms with Gasteiger partial charge in [-0.05, 0) is 0 Å². The molecule has 2 bridgehead atoms. The molecule has 4 aromatic heterocycles. The summed E-state index contributed by atoms with van der Waals surface area (Å²) in [6.07, 6.45) is -6.24. The first kappa shape index (κ1) is 30.6. The molecule has 3 aliphatic rings. The topological polar surface area (TPSA) is 319 Å². The number of phosphoric acid groups is 2. The standard InChI is InChI=1S/C21H24N10O13P2/c1-38-14-12-8(42-20(14)30-5-26-9-15(22)24-4-25-16(9)30)3-40-46(36,37)44-13-11(32)7(2-39-45(34,35)43-12)41-19(13)31-6-27-10-17(31)28-21(23)29-18(10)33/h3-7,11-14,19-20,32H,2H2,1H3,(H,34,35)(H,36,37)(H2,22,24,25)(H3,23,28,29,33)/b8-3+. The second kappa shape index (κ2) is 11.1. The van der Waals surface area contributed by atoms with Crippen LogP contribution in [0.15, 0.2) is 35.8 Å². The van der Waals surface area contributed by atoms with E-state index in [4.69, 9.17) is 43.8 Å². The molecule has 7 rings (SSSR count). The molecule has 23 nitrogen and oxygen atoms in total. The lowest BCUT2D eigenvalue weighted by Crippen LogP contribution is -2.35. The third-order valence-electron chi connectivity index (χ3n) is 7.29. The number of anilines is 2. The van der Waals surface area contributed by atoms with Gasteiger partial charge in [-0.1, -0.05) is 0 Å². The summed E-state index contributed by atoms with van der Waals surface area (Å²) in [5.74, 6) is -0.610. The van der Waals surface area contributed by atoms with Gasteiger partial charge in [0.25, 0.3) is 5.56 Å². The number of imidazole rings is 2. The fourth-order valence-corrected chi connectivity index (χ4v) is 6.99. The molecule has 8 N–H and O–H groups in total. The summed E-state index contributed by atoms with van der Waals surface area (Å²) >= 11 is 0. The lowest BCUT2D eigenvalue weighted by Gasteiger charge is -2.23. The minimum atomic E-state index is -5.16. The van der Waals surface area contributed by atoms with Crippen molar-refractivity contribution in [2.45, 2.75) is 43.0 Å². The summed E-state index contributed by atoms with van der Waals surface area (Å²) in [4.78, 5) is 56.2. The van der Waals surface area contributed by atoms with Crippen LogP contribution in [0.4, 0.5) is 11.8 Å². The van der Waals surface area contributed by atoms with E-state index >= 15 is 0 Å². The Morgan fingerprint density at radius 1 is 1.02 bits per heavy atom. The Morgan fingerprint density at radius 2 is 1.76 bits per heavy atom. The maximum Gasteiger partial charge on any atom is 0.527 e. The van der Waals surface area contributed by atoms with Crippen molar-refractivity contribution < 1.29 is 56.3 Å². The molecule has 9 atom stereocenters. The van der Waals surface area contributed by atoms with E-state index in [1.807, 2.05) is 0 Å². The van der Waals surface area contributed by atoms with Crippen LogP contribution in [0, 0.1) is 0 Å². The van der Waals surface area contributed by atoms with Crippen LogP contribution in [0.1, 0.15) is 12.5 Å². The van der Waals surface area contributed by atoms with Gasteiger partial charge in [0.1, 0.15) is 48.8 Å². The molecule has 246 valence electrons. The van der Waals surface area contributed by atoms with Crippen LogP contribution in [-0.2, 0) is 41.4 Å². The van der Waals surface area contributed by atoms with Gasteiger partial charge in [0.2, 0.25) is 12.2 Å². The number of phosphoric ester groups is 2. The first-order valence-electron chi connectivity index (χ1n) is 13.1. The van der Waals surface area contributed by atoms with Gasteiger partial charge >= 0.3 is 15.6 Å². The Hall–Kier alpha value is -4.02. The van der Waals surface area contributed by atoms with Gasteiger partial charge in [0.05, 0.1) is 12.9 Å². The number of nitrogens with two attached hydrogens (primary N) is 2. The molecule has 25 heteroatoms. The van der Waals surface area contributed by atoms with Crippen LogP contribution in [0.3, 0.4) is 0 Å². The Bertz CT molecular complexity index is 2020. The predicted octanol–water partition coefficient (Wildman–Crippen LogP) is -1.21. The Kier molecular flexibility index (Phi) is 7.36. The number of aliphatic hydroxyl groups is 1. The molecule has 0 aliphatic carbocycles. The lowest BCUT2D eigenvalue weighted by molar-refractivity contribution is -0.0577. The first-order valence-corrected chi connectivity index (χ1v) is 16.1. The zero-order chi connectivity index (χ0) is 32.5. The van der Waals surface area contributed by atoms with Crippen molar-refractivity contribution in [3.63, 3.8) is 0 Å². The summed E-state index contributed by atoms with van der Waals surface area (Å²) in [5, 5.41) is 11.0. The summed E-state index contributed by atoms with van der Waals surface area (Å²) in [7, 11) is -8.95. The molecule has 0 saturated carbocycles. The largest absolute Gasteiger partial charge is 0.527 e. The summed E-state index contributed by atoms with van der Waals surface area (Å²) in [6.45, 7) is -0.791. The van der Waals surface area contributed by atoms with E-state index in [-0.39, 0.29) is 34.1 Å². The van der Waals surface area contributed by atoms with Crippen LogP contribution in [0.2, 0.25) is 0 Å². The fraction of sp³-hybridized carbons (Fsp3) is 0.429. The molecule has 3 aliphatic heterocycles. The molecule has 0 amide bonds. The SMILES string of the molecule is COC1C2OP(=O)(O)OCC3OC(n4cnc5c(=O)[nH]c(N)nc54)C(OP(=O)(O)O/C=C\2OC1n1cnc2c(N)ncnc21)C3O.